The van der Waals surface area contributed by atoms with E-state index in [9.17, 15) is 22.8 Å². The first-order chi connectivity index (χ1) is 12.2. The number of amides is 1. The van der Waals surface area contributed by atoms with Crippen LogP contribution in [0.4, 0.5) is 18.9 Å². The second kappa shape index (κ2) is 6.47. The Hall–Kier alpha value is -2.84. The molecule has 0 radical (unpaired) electrons. The van der Waals surface area contributed by atoms with E-state index in [1.165, 1.54) is 22.9 Å². The topological polar surface area (TPSA) is 90.0 Å². The maximum absolute atomic E-state index is 12.8. The average molecular weight is 366 g/mol. The normalized spacial score (nSPS) is 19.2. The van der Waals surface area contributed by atoms with Gasteiger partial charge in [0.1, 0.15) is 17.6 Å². The molecule has 1 aromatic carbocycles. The Kier molecular flexibility index (Phi) is 4.47. The Bertz CT molecular complexity index is 908. The second-order valence-corrected chi connectivity index (χ2v) is 6.31. The van der Waals surface area contributed by atoms with Crippen LogP contribution in [0.15, 0.2) is 35.3 Å². The smallest absolute Gasteiger partial charge is 0.375 e. The summed E-state index contributed by atoms with van der Waals surface area (Å²) < 4.78 is 39.6. The molecule has 0 bridgehead atoms. The fraction of sp³-hybridized carbons (Fsp3) is 0.353. The number of hydrogen-bond donors (Lipinski definition) is 2. The summed E-state index contributed by atoms with van der Waals surface area (Å²) in [7, 11) is 0. The molecule has 26 heavy (non-hydrogen) atoms. The summed E-state index contributed by atoms with van der Waals surface area (Å²) in [5, 5.41) is 2.80. The van der Waals surface area contributed by atoms with E-state index in [0.29, 0.717) is 17.8 Å². The van der Waals surface area contributed by atoms with E-state index < -0.39 is 29.2 Å². The number of hydrogen-bond acceptors (Lipinski definition) is 4. The maximum Gasteiger partial charge on any atom is 0.416 e. The molecule has 2 aromatic rings. The van der Waals surface area contributed by atoms with Crippen molar-refractivity contribution >= 4 is 11.6 Å². The Balaban J connectivity index is 1.86. The van der Waals surface area contributed by atoms with E-state index >= 15 is 0 Å². The number of fused-ring (bicyclic) bond motifs is 1. The summed E-state index contributed by atoms with van der Waals surface area (Å²) in [5.74, 6) is -0.226. The van der Waals surface area contributed by atoms with Gasteiger partial charge in [0.05, 0.1) is 11.8 Å². The van der Waals surface area contributed by atoms with Crippen molar-refractivity contribution < 1.29 is 18.0 Å². The van der Waals surface area contributed by atoms with Crippen molar-refractivity contribution in [2.75, 3.05) is 5.32 Å². The lowest BCUT2D eigenvalue weighted by Crippen LogP contribution is -2.33. The quantitative estimate of drug-likeness (QED) is 0.870. The number of nitrogens with zero attached hydrogens (tertiary/aromatic N) is 2. The molecule has 1 amide bonds. The van der Waals surface area contributed by atoms with Gasteiger partial charge >= 0.3 is 6.18 Å². The van der Waals surface area contributed by atoms with Gasteiger partial charge in [-0.1, -0.05) is 19.1 Å². The number of halogens is 3. The van der Waals surface area contributed by atoms with E-state index in [1.807, 2.05) is 6.92 Å². The van der Waals surface area contributed by atoms with Crippen LogP contribution in [0.2, 0.25) is 0 Å². The summed E-state index contributed by atoms with van der Waals surface area (Å²) in [6.45, 7) is 1.86. The molecule has 0 aliphatic carbocycles. The first-order valence-corrected chi connectivity index (χ1v) is 7.99. The summed E-state index contributed by atoms with van der Waals surface area (Å²) in [6, 6.07) is 4.05. The molecule has 3 rings (SSSR count). The van der Waals surface area contributed by atoms with Crippen molar-refractivity contribution in [2.45, 2.75) is 38.0 Å². The molecule has 0 saturated carbocycles. The minimum Gasteiger partial charge on any atom is -0.375 e. The molecular formula is C17H17F3N4O2. The Morgan fingerprint density at radius 2 is 2.15 bits per heavy atom. The summed E-state index contributed by atoms with van der Waals surface area (Å²) in [4.78, 5) is 28.4. The third-order valence-electron chi connectivity index (χ3n) is 4.42. The number of benzene rings is 1. The number of nitrogens with one attached hydrogen (secondary N) is 1. The third-order valence-corrected chi connectivity index (χ3v) is 4.42. The number of rotatable bonds is 4. The predicted molar refractivity (Wildman–Crippen MR) is 88.5 cm³/mol. The lowest BCUT2D eigenvalue weighted by atomic mass is 10.1. The van der Waals surface area contributed by atoms with Gasteiger partial charge in [0.25, 0.3) is 5.56 Å². The van der Waals surface area contributed by atoms with Crippen molar-refractivity contribution in [3.8, 4) is 0 Å². The SMILES string of the molecule is CC1CC(C(N)=O)n2c1ncc(NCc1cccc(C(F)(F)F)c1)c2=O. The van der Waals surface area contributed by atoms with Crippen LogP contribution >= 0.6 is 0 Å². The van der Waals surface area contributed by atoms with E-state index in [1.54, 1.807) is 0 Å². The van der Waals surface area contributed by atoms with Crippen molar-refractivity contribution in [3.05, 3.63) is 57.8 Å². The van der Waals surface area contributed by atoms with Crippen LogP contribution in [0.5, 0.6) is 0 Å². The van der Waals surface area contributed by atoms with E-state index in [2.05, 4.69) is 10.3 Å². The largest absolute Gasteiger partial charge is 0.416 e. The molecule has 1 aromatic heterocycles. The summed E-state index contributed by atoms with van der Waals surface area (Å²) in [6.07, 6.45) is -2.70. The van der Waals surface area contributed by atoms with Crippen LogP contribution in [-0.2, 0) is 17.5 Å². The van der Waals surface area contributed by atoms with Gasteiger partial charge in [0.15, 0.2) is 0 Å². The zero-order chi connectivity index (χ0) is 19.1. The van der Waals surface area contributed by atoms with Crippen LogP contribution in [0.1, 0.15) is 42.3 Å². The highest BCUT2D eigenvalue weighted by Gasteiger charge is 2.34. The fourth-order valence-corrected chi connectivity index (χ4v) is 3.11. The molecule has 2 unspecified atom stereocenters. The molecular weight excluding hydrogens is 349 g/mol. The van der Waals surface area contributed by atoms with Crippen LogP contribution < -0.4 is 16.6 Å². The molecule has 0 saturated heterocycles. The van der Waals surface area contributed by atoms with E-state index in [4.69, 9.17) is 5.73 Å². The van der Waals surface area contributed by atoms with Crippen molar-refractivity contribution in [2.24, 2.45) is 5.73 Å². The van der Waals surface area contributed by atoms with Gasteiger partial charge in [-0.05, 0) is 24.1 Å². The molecule has 1 aliphatic heterocycles. The van der Waals surface area contributed by atoms with Gasteiger partial charge in [-0.2, -0.15) is 13.2 Å². The standard InChI is InChI=1S/C17H17F3N4O2/c1-9-5-13(14(21)25)24-15(9)23-8-12(16(24)26)22-7-10-3-2-4-11(6-10)17(18,19)20/h2-4,6,8-9,13,22H,5,7H2,1H3,(H2,21,25). The number of primary amides is 1. The van der Waals surface area contributed by atoms with Crippen LogP contribution in [-0.4, -0.2) is 15.5 Å². The van der Waals surface area contributed by atoms with Crippen LogP contribution in [0.3, 0.4) is 0 Å². The van der Waals surface area contributed by atoms with Gasteiger partial charge < -0.3 is 11.1 Å². The maximum atomic E-state index is 12.8. The minimum absolute atomic E-state index is 0.0109. The van der Waals surface area contributed by atoms with Crippen LogP contribution in [0, 0.1) is 0 Å². The second-order valence-electron chi connectivity index (χ2n) is 6.31. The first kappa shape index (κ1) is 18.0. The molecule has 2 atom stereocenters. The summed E-state index contributed by atoms with van der Waals surface area (Å²) in [5.41, 5.74) is 4.61. The average Bonchev–Trinajstić information content (AvgIpc) is 2.92. The fourth-order valence-electron chi connectivity index (χ4n) is 3.11. The predicted octanol–water partition coefficient (Wildman–Crippen LogP) is 2.41. The number of alkyl halides is 3. The van der Waals surface area contributed by atoms with Gasteiger partial charge in [0, 0.05) is 12.5 Å². The van der Waals surface area contributed by atoms with Crippen molar-refractivity contribution in [3.63, 3.8) is 0 Å². The number of anilines is 1. The molecule has 0 fully saturated rings. The molecule has 0 spiro atoms. The van der Waals surface area contributed by atoms with E-state index in [-0.39, 0.29) is 18.2 Å². The number of carbonyl (C=O) groups excluding carboxylic acids is 1. The molecule has 3 N–H and O–H groups in total. The summed E-state index contributed by atoms with van der Waals surface area (Å²) >= 11 is 0. The highest BCUT2D eigenvalue weighted by molar-refractivity contribution is 5.79. The van der Waals surface area contributed by atoms with E-state index in [0.717, 1.165) is 12.1 Å². The Morgan fingerprint density at radius 3 is 2.81 bits per heavy atom. The van der Waals surface area contributed by atoms with Crippen LogP contribution in [0.25, 0.3) is 0 Å². The van der Waals surface area contributed by atoms with Gasteiger partial charge in [-0.3, -0.25) is 14.2 Å². The third kappa shape index (κ3) is 3.29. The number of nitrogens with two attached hydrogens (primary N) is 1. The molecule has 2 heterocycles. The number of carbonyl (C=O) groups is 1. The number of aromatic nitrogens is 2. The van der Waals surface area contributed by atoms with Gasteiger partial charge in [-0.25, -0.2) is 4.98 Å². The molecule has 138 valence electrons. The first-order valence-electron chi connectivity index (χ1n) is 7.99. The zero-order valence-corrected chi connectivity index (χ0v) is 13.9. The van der Waals surface area contributed by atoms with Gasteiger partial charge in [0.2, 0.25) is 5.91 Å². The molecule has 1 aliphatic rings. The minimum atomic E-state index is -4.43. The molecule has 6 nitrogen and oxygen atoms in total. The Labute approximate surface area is 146 Å². The molecule has 9 heteroatoms. The Morgan fingerprint density at radius 1 is 1.42 bits per heavy atom. The van der Waals surface area contributed by atoms with Crippen molar-refractivity contribution in [1.82, 2.24) is 9.55 Å². The monoisotopic (exact) mass is 366 g/mol. The van der Waals surface area contributed by atoms with Gasteiger partial charge in [-0.15, -0.1) is 0 Å². The zero-order valence-electron chi connectivity index (χ0n) is 13.9. The lowest BCUT2D eigenvalue weighted by molar-refractivity contribution is -0.137. The van der Waals surface area contributed by atoms with Crippen molar-refractivity contribution in [1.29, 1.82) is 0 Å². The lowest BCUT2D eigenvalue weighted by Gasteiger charge is -2.13. The highest BCUT2D eigenvalue weighted by atomic mass is 19.4. The highest BCUT2D eigenvalue weighted by Crippen LogP contribution is 2.33.